The SMILES string of the molecule is CC(C)OC(=O)C(=O)C(Cc1ccccc1)N1CCC[C@H]1C(=O)NC(=O)[C@H](Cc1ccccc1)NC(=O)N1CCC(=O)CC1. The third-order valence-electron chi connectivity index (χ3n) is 7.87. The second-order valence-electron chi connectivity index (χ2n) is 11.5. The van der Waals surface area contributed by atoms with E-state index in [9.17, 15) is 28.8 Å². The lowest BCUT2D eigenvalue weighted by Crippen LogP contribution is -2.58. The summed E-state index contributed by atoms with van der Waals surface area (Å²) in [6.07, 6.45) is 1.33. The molecular formula is C33H40N4O7. The van der Waals surface area contributed by atoms with Crippen molar-refractivity contribution in [3.8, 4) is 0 Å². The molecule has 0 spiro atoms. The van der Waals surface area contributed by atoms with Crippen LogP contribution in [0.25, 0.3) is 0 Å². The number of ether oxygens (including phenoxy) is 1. The van der Waals surface area contributed by atoms with Gasteiger partial charge in [0.15, 0.2) is 0 Å². The van der Waals surface area contributed by atoms with Crippen molar-refractivity contribution in [3.63, 3.8) is 0 Å². The van der Waals surface area contributed by atoms with E-state index in [-0.39, 0.29) is 44.6 Å². The Labute approximate surface area is 257 Å². The number of carbonyl (C=O) groups is 6. The summed E-state index contributed by atoms with van der Waals surface area (Å²) in [6.45, 7) is 4.21. The lowest BCUT2D eigenvalue weighted by atomic mass is 9.99. The molecule has 3 atom stereocenters. The van der Waals surface area contributed by atoms with Crippen LogP contribution < -0.4 is 10.6 Å². The lowest BCUT2D eigenvalue weighted by molar-refractivity contribution is -0.159. The first-order valence-electron chi connectivity index (χ1n) is 15.1. The molecule has 1 unspecified atom stereocenters. The Morgan fingerprint density at radius 2 is 1.45 bits per heavy atom. The second-order valence-corrected chi connectivity index (χ2v) is 11.5. The molecule has 2 saturated heterocycles. The number of likely N-dealkylation sites (tertiary alicyclic amines) is 2. The minimum absolute atomic E-state index is 0.0841. The summed E-state index contributed by atoms with van der Waals surface area (Å²) in [4.78, 5) is 81.1. The van der Waals surface area contributed by atoms with Gasteiger partial charge in [0.05, 0.1) is 18.2 Å². The van der Waals surface area contributed by atoms with Gasteiger partial charge in [0, 0.05) is 32.4 Å². The predicted octanol–water partition coefficient (Wildman–Crippen LogP) is 2.21. The summed E-state index contributed by atoms with van der Waals surface area (Å²) in [6, 6.07) is 15.0. The number of hydrogen-bond donors (Lipinski definition) is 2. The second kappa shape index (κ2) is 15.4. The molecule has 11 nitrogen and oxygen atoms in total. The van der Waals surface area contributed by atoms with Gasteiger partial charge in [-0.15, -0.1) is 0 Å². The molecule has 4 amide bonds. The summed E-state index contributed by atoms with van der Waals surface area (Å²) < 4.78 is 5.20. The molecule has 0 aliphatic carbocycles. The molecule has 2 aromatic rings. The molecule has 2 heterocycles. The minimum atomic E-state index is -1.07. The molecule has 0 aromatic heterocycles. The Balaban J connectivity index is 1.50. The van der Waals surface area contributed by atoms with Gasteiger partial charge < -0.3 is 15.0 Å². The number of urea groups is 1. The van der Waals surface area contributed by atoms with Gasteiger partial charge in [-0.2, -0.15) is 0 Å². The van der Waals surface area contributed by atoms with Gasteiger partial charge in [-0.25, -0.2) is 9.59 Å². The third-order valence-corrected chi connectivity index (χ3v) is 7.87. The predicted molar refractivity (Wildman–Crippen MR) is 161 cm³/mol. The van der Waals surface area contributed by atoms with Crippen molar-refractivity contribution in [2.75, 3.05) is 19.6 Å². The van der Waals surface area contributed by atoms with E-state index in [1.54, 1.807) is 18.7 Å². The van der Waals surface area contributed by atoms with Crippen LogP contribution in [0.1, 0.15) is 50.7 Å². The van der Waals surface area contributed by atoms with E-state index in [0.29, 0.717) is 19.4 Å². The molecule has 2 fully saturated rings. The van der Waals surface area contributed by atoms with Crippen molar-refractivity contribution in [2.24, 2.45) is 0 Å². The molecule has 234 valence electrons. The number of nitrogens with one attached hydrogen (secondary N) is 2. The molecule has 44 heavy (non-hydrogen) atoms. The Morgan fingerprint density at radius 3 is 2.05 bits per heavy atom. The highest BCUT2D eigenvalue weighted by atomic mass is 16.5. The smallest absolute Gasteiger partial charge is 0.376 e. The average Bonchev–Trinajstić information content (AvgIpc) is 3.50. The Bertz CT molecular complexity index is 1340. The Hall–Kier alpha value is -4.38. The van der Waals surface area contributed by atoms with Gasteiger partial charge in [0.1, 0.15) is 11.8 Å². The topological polar surface area (TPSA) is 142 Å². The van der Waals surface area contributed by atoms with Crippen LogP contribution in [0, 0.1) is 0 Å². The van der Waals surface area contributed by atoms with Crippen LogP contribution in [0.3, 0.4) is 0 Å². The molecule has 0 radical (unpaired) electrons. The number of amides is 4. The van der Waals surface area contributed by atoms with Gasteiger partial charge in [0.2, 0.25) is 11.8 Å². The maximum Gasteiger partial charge on any atom is 0.376 e. The zero-order valence-electron chi connectivity index (χ0n) is 25.2. The molecule has 0 bridgehead atoms. The number of esters is 1. The average molecular weight is 605 g/mol. The van der Waals surface area contributed by atoms with Gasteiger partial charge >= 0.3 is 12.0 Å². The molecule has 2 aliphatic heterocycles. The molecule has 2 aromatic carbocycles. The highest BCUT2D eigenvalue weighted by Crippen LogP contribution is 2.24. The van der Waals surface area contributed by atoms with Crippen molar-refractivity contribution in [1.29, 1.82) is 0 Å². The molecule has 2 aliphatic rings. The maximum atomic E-state index is 13.6. The van der Waals surface area contributed by atoms with E-state index in [2.05, 4.69) is 10.6 Å². The van der Waals surface area contributed by atoms with Crippen molar-refractivity contribution >= 4 is 35.4 Å². The fraction of sp³-hybridized carbons (Fsp3) is 0.455. The summed E-state index contributed by atoms with van der Waals surface area (Å²) in [5.74, 6) is -2.92. The van der Waals surface area contributed by atoms with Crippen molar-refractivity contribution < 1.29 is 33.5 Å². The summed E-state index contributed by atoms with van der Waals surface area (Å²) in [5, 5.41) is 5.22. The number of hydrogen-bond acceptors (Lipinski definition) is 8. The quantitative estimate of drug-likeness (QED) is 0.294. The van der Waals surface area contributed by atoms with Gasteiger partial charge in [0.25, 0.3) is 5.78 Å². The standard InChI is InChI=1S/C33H40N4O7/c1-22(2)44-32(42)29(39)28(21-24-12-7-4-8-13-24)37-17-9-14-27(37)31(41)35-30(40)26(20-23-10-5-3-6-11-23)34-33(43)36-18-15-25(38)16-19-36/h3-8,10-13,22,26-28H,9,14-21H2,1-2H3,(H,34,43)(H,35,40,41)/t26-,27-,28?/m0/s1. The van der Waals surface area contributed by atoms with Crippen LogP contribution in [0.5, 0.6) is 0 Å². The van der Waals surface area contributed by atoms with Crippen LogP contribution in [0.2, 0.25) is 0 Å². The van der Waals surface area contributed by atoms with E-state index in [1.807, 2.05) is 60.7 Å². The fourth-order valence-corrected chi connectivity index (χ4v) is 5.60. The number of nitrogens with zero attached hydrogens (tertiary/aromatic N) is 2. The number of carbonyl (C=O) groups excluding carboxylic acids is 6. The zero-order valence-corrected chi connectivity index (χ0v) is 25.2. The fourth-order valence-electron chi connectivity index (χ4n) is 5.60. The Morgan fingerprint density at radius 1 is 0.864 bits per heavy atom. The van der Waals surface area contributed by atoms with Gasteiger partial charge in [-0.1, -0.05) is 60.7 Å². The molecule has 2 N–H and O–H groups in total. The van der Waals surface area contributed by atoms with Crippen LogP contribution in [0.4, 0.5) is 4.79 Å². The van der Waals surface area contributed by atoms with E-state index >= 15 is 0 Å². The van der Waals surface area contributed by atoms with Crippen molar-refractivity contribution in [2.45, 2.75) is 76.6 Å². The highest BCUT2D eigenvalue weighted by Gasteiger charge is 2.42. The van der Waals surface area contributed by atoms with Gasteiger partial charge in [-0.3, -0.25) is 29.4 Å². The minimum Gasteiger partial charge on any atom is -0.457 e. The highest BCUT2D eigenvalue weighted by molar-refractivity contribution is 6.35. The number of imide groups is 1. The lowest BCUT2D eigenvalue weighted by Gasteiger charge is -2.31. The largest absolute Gasteiger partial charge is 0.457 e. The van der Waals surface area contributed by atoms with Crippen LogP contribution >= 0.6 is 0 Å². The van der Waals surface area contributed by atoms with Crippen molar-refractivity contribution in [1.82, 2.24) is 20.4 Å². The van der Waals surface area contributed by atoms with Crippen LogP contribution in [0.15, 0.2) is 60.7 Å². The van der Waals surface area contributed by atoms with Crippen LogP contribution in [-0.4, -0.2) is 89.0 Å². The molecule has 0 saturated carbocycles. The van der Waals surface area contributed by atoms with Crippen LogP contribution in [-0.2, 0) is 41.6 Å². The van der Waals surface area contributed by atoms with E-state index in [0.717, 1.165) is 11.1 Å². The van der Waals surface area contributed by atoms with Crippen molar-refractivity contribution in [3.05, 3.63) is 71.8 Å². The normalized spacial score (nSPS) is 18.4. The van der Waals surface area contributed by atoms with Gasteiger partial charge in [-0.05, 0) is 50.8 Å². The first kappa shape index (κ1) is 32.5. The summed E-state index contributed by atoms with van der Waals surface area (Å²) in [5.41, 5.74) is 1.60. The number of ketones is 2. The maximum absolute atomic E-state index is 13.6. The number of benzene rings is 2. The third kappa shape index (κ3) is 8.82. The molecular weight excluding hydrogens is 564 g/mol. The Kier molecular flexibility index (Phi) is 11.4. The first-order valence-corrected chi connectivity index (χ1v) is 15.1. The summed E-state index contributed by atoms with van der Waals surface area (Å²) >= 11 is 0. The monoisotopic (exact) mass is 604 g/mol. The first-order chi connectivity index (χ1) is 21.1. The number of Topliss-reactive ketones (excluding diaryl/α,β-unsaturated/α-hetero) is 2. The molecule has 11 heteroatoms. The number of piperidine rings is 1. The van der Waals surface area contributed by atoms with E-state index in [4.69, 9.17) is 4.74 Å². The molecule has 4 rings (SSSR count). The zero-order chi connectivity index (χ0) is 31.6. The summed E-state index contributed by atoms with van der Waals surface area (Å²) in [7, 11) is 0. The number of rotatable bonds is 11. The van der Waals surface area contributed by atoms with E-state index in [1.165, 1.54) is 4.90 Å². The van der Waals surface area contributed by atoms with E-state index < -0.39 is 53.8 Å².